The van der Waals surface area contributed by atoms with Gasteiger partial charge in [0, 0.05) is 23.2 Å². The van der Waals surface area contributed by atoms with Crippen molar-refractivity contribution in [2.75, 3.05) is 5.32 Å². The van der Waals surface area contributed by atoms with Crippen LogP contribution < -0.4 is 5.32 Å². The van der Waals surface area contributed by atoms with Gasteiger partial charge in [-0.05, 0) is 68.2 Å². The van der Waals surface area contributed by atoms with Gasteiger partial charge in [-0.25, -0.2) is 4.79 Å². The Morgan fingerprint density at radius 1 is 1.36 bits per heavy atom. The molecule has 3 aliphatic rings. The van der Waals surface area contributed by atoms with Crippen LogP contribution in [0.1, 0.15) is 68.6 Å². The predicted octanol–water partition coefficient (Wildman–Crippen LogP) is 5.23. The Balaban J connectivity index is 1.40. The standard InChI is InChI=1S/C21H25ClN4O2/c1-12-8-16-11-21(10-12,19-23-13(2)25-28-19)26(16)20(27)24-15-6-7-18(22)17(9-15)14-4-3-5-14/h6-7,9,12,14,16H,3-5,8,10-11H2,1-2H3,(H,24,27). The maximum Gasteiger partial charge on any atom is 0.323 e. The second kappa shape index (κ2) is 6.48. The molecule has 1 aliphatic heterocycles. The van der Waals surface area contributed by atoms with E-state index in [1.54, 1.807) is 0 Å². The third kappa shape index (κ3) is 2.72. The van der Waals surface area contributed by atoms with Crippen molar-refractivity contribution in [1.29, 1.82) is 0 Å². The normalized spacial score (nSPS) is 29.2. The van der Waals surface area contributed by atoms with Gasteiger partial charge in [0.1, 0.15) is 5.54 Å². The van der Waals surface area contributed by atoms with E-state index in [9.17, 15) is 4.79 Å². The number of aryl methyl sites for hydroxylation is 1. The summed E-state index contributed by atoms with van der Waals surface area (Å²) < 4.78 is 5.51. The van der Waals surface area contributed by atoms with Crippen LogP contribution in [0.2, 0.25) is 5.02 Å². The highest BCUT2D eigenvalue weighted by Crippen LogP contribution is 2.55. The summed E-state index contributed by atoms with van der Waals surface area (Å²) >= 11 is 6.39. The van der Waals surface area contributed by atoms with Crippen LogP contribution >= 0.6 is 11.6 Å². The van der Waals surface area contributed by atoms with Crippen molar-refractivity contribution in [3.63, 3.8) is 0 Å². The summed E-state index contributed by atoms with van der Waals surface area (Å²) in [5.74, 6) is 2.21. The first-order chi connectivity index (χ1) is 13.5. The molecule has 2 aliphatic carbocycles. The average Bonchev–Trinajstić information content (AvgIpc) is 3.02. The Morgan fingerprint density at radius 3 is 2.86 bits per heavy atom. The molecular formula is C21H25ClN4O2. The molecule has 1 aromatic carbocycles. The van der Waals surface area contributed by atoms with Crippen molar-refractivity contribution >= 4 is 23.3 Å². The maximum atomic E-state index is 13.2. The molecule has 0 spiro atoms. The number of aromatic nitrogens is 2. The van der Waals surface area contributed by atoms with Gasteiger partial charge in [0.25, 0.3) is 5.89 Å². The summed E-state index contributed by atoms with van der Waals surface area (Å²) in [5, 5.41) is 7.85. The van der Waals surface area contributed by atoms with Gasteiger partial charge in [0.2, 0.25) is 0 Å². The van der Waals surface area contributed by atoms with E-state index >= 15 is 0 Å². The molecule has 2 amide bonds. The van der Waals surface area contributed by atoms with Crippen LogP contribution in [0, 0.1) is 12.8 Å². The summed E-state index contributed by atoms with van der Waals surface area (Å²) in [4.78, 5) is 19.6. The minimum absolute atomic E-state index is 0.0964. The number of amides is 2. The van der Waals surface area contributed by atoms with Crippen LogP contribution in [0.3, 0.4) is 0 Å². The van der Waals surface area contributed by atoms with Crippen LogP contribution in [-0.4, -0.2) is 27.1 Å². The van der Waals surface area contributed by atoms with E-state index in [1.807, 2.05) is 30.0 Å². The molecule has 7 heteroatoms. The van der Waals surface area contributed by atoms with Gasteiger partial charge in [-0.2, -0.15) is 4.98 Å². The number of urea groups is 1. The molecule has 3 atom stereocenters. The molecule has 2 saturated carbocycles. The number of nitrogens with zero attached hydrogens (tertiary/aromatic N) is 3. The second-order valence-electron chi connectivity index (χ2n) is 8.75. The molecule has 2 aromatic rings. The molecule has 6 nitrogen and oxygen atoms in total. The zero-order chi connectivity index (χ0) is 19.5. The zero-order valence-electron chi connectivity index (χ0n) is 16.2. The van der Waals surface area contributed by atoms with Gasteiger partial charge in [-0.3, -0.25) is 0 Å². The van der Waals surface area contributed by atoms with Crippen LogP contribution in [0.15, 0.2) is 22.7 Å². The highest BCUT2D eigenvalue weighted by molar-refractivity contribution is 6.31. The van der Waals surface area contributed by atoms with E-state index < -0.39 is 5.54 Å². The fourth-order valence-electron chi connectivity index (χ4n) is 5.27. The lowest BCUT2D eigenvalue weighted by Crippen LogP contribution is -2.70. The van der Waals surface area contributed by atoms with Crippen molar-refractivity contribution in [2.45, 2.75) is 69.9 Å². The highest BCUT2D eigenvalue weighted by atomic mass is 35.5. The van der Waals surface area contributed by atoms with Crippen molar-refractivity contribution < 1.29 is 9.32 Å². The first kappa shape index (κ1) is 18.0. The van der Waals surface area contributed by atoms with Crippen molar-refractivity contribution in [3.05, 3.63) is 40.5 Å². The number of halogens is 1. The number of nitrogens with one attached hydrogen (secondary N) is 1. The van der Waals surface area contributed by atoms with Crippen LogP contribution in [0.25, 0.3) is 0 Å². The van der Waals surface area contributed by atoms with E-state index in [0.717, 1.165) is 35.5 Å². The second-order valence-corrected chi connectivity index (χ2v) is 9.15. The first-order valence-electron chi connectivity index (χ1n) is 10.2. The molecule has 1 saturated heterocycles. The lowest BCUT2D eigenvalue weighted by molar-refractivity contribution is -0.111. The third-order valence-corrected chi connectivity index (χ3v) is 7.04. The monoisotopic (exact) mass is 400 g/mol. The summed E-state index contributed by atoms with van der Waals surface area (Å²) in [6.07, 6.45) is 6.34. The Bertz CT molecular complexity index is 925. The summed E-state index contributed by atoms with van der Waals surface area (Å²) in [5.41, 5.74) is 1.47. The number of anilines is 1. The van der Waals surface area contributed by atoms with Gasteiger partial charge in [0.05, 0.1) is 0 Å². The van der Waals surface area contributed by atoms with Gasteiger partial charge < -0.3 is 14.7 Å². The molecule has 1 N–H and O–H groups in total. The van der Waals surface area contributed by atoms with Gasteiger partial charge in [-0.15, -0.1) is 0 Å². The highest BCUT2D eigenvalue weighted by Gasteiger charge is 2.62. The summed E-state index contributed by atoms with van der Waals surface area (Å²) in [7, 11) is 0. The Morgan fingerprint density at radius 2 is 2.18 bits per heavy atom. The SMILES string of the molecule is Cc1noc(C23CC(C)CC(C2)N3C(=O)Nc2ccc(Cl)c(C3CCC3)c2)n1. The van der Waals surface area contributed by atoms with Crippen LogP contribution in [0.4, 0.5) is 10.5 Å². The lowest BCUT2D eigenvalue weighted by Gasteiger charge is -2.61. The molecule has 0 radical (unpaired) electrons. The average molecular weight is 401 g/mol. The fourth-order valence-corrected chi connectivity index (χ4v) is 5.54. The topological polar surface area (TPSA) is 71.3 Å². The lowest BCUT2D eigenvalue weighted by atomic mass is 9.64. The van der Waals surface area contributed by atoms with Gasteiger partial charge in [0.15, 0.2) is 5.82 Å². The number of carbonyl (C=O) groups is 1. The van der Waals surface area contributed by atoms with E-state index in [1.165, 1.54) is 19.3 Å². The number of fused-ring (bicyclic) bond motifs is 2. The quantitative estimate of drug-likeness (QED) is 0.765. The number of carbonyl (C=O) groups excluding carboxylic acids is 1. The Hall–Kier alpha value is -2.08. The molecular weight excluding hydrogens is 376 g/mol. The number of rotatable bonds is 3. The molecule has 1 aromatic heterocycles. The largest absolute Gasteiger partial charge is 0.337 e. The van der Waals surface area contributed by atoms with Crippen molar-refractivity contribution in [2.24, 2.45) is 5.92 Å². The Labute approximate surface area is 169 Å². The predicted molar refractivity (Wildman–Crippen MR) is 106 cm³/mol. The maximum absolute atomic E-state index is 13.2. The van der Waals surface area contributed by atoms with Crippen molar-refractivity contribution in [1.82, 2.24) is 15.0 Å². The molecule has 148 valence electrons. The van der Waals surface area contributed by atoms with Crippen molar-refractivity contribution in [3.8, 4) is 0 Å². The van der Waals surface area contributed by atoms with E-state index in [-0.39, 0.29) is 12.1 Å². The molecule has 3 unspecified atom stereocenters. The van der Waals surface area contributed by atoms with Gasteiger partial charge >= 0.3 is 6.03 Å². The minimum atomic E-state index is -0.475. The molecule has 28 heavy (non-hydrogen) atoms. The molecule has 3 fully saturated rings. The zero-order valence-corrected chi connectivity index (χ0v) is 17.0. The van der Waals surface area contributed by atoms with Gasteiger partial charge in [-0.1, -0.05) is 30.1 Å². The van der Waals surface area contributed by atoms with E-state index in [0.29, 0.717) is 23.6 Å². The molecule has 5 rings (SSSR count). The minimum Gasteiger partial charge on any atom is -0.337 e. The number of likely N-dealkylation sites (tertiary alicyclic amines) is 1. The smallest absolute Gasteiger partial charge is 0.323 e. The van der Waals surface area contributed by atoms with E-state index in [2.05, 4.69) is 22.4 Å². The number of hydrogen-bond donors (Lipinski definition) is 1. The third-order valence-electron chi connectivity index (χ3n) is 6.70. The number of benzene rings is 1. The molecule has 2 bridgehead atoms. The fraction of sp³-hybridized carbons (Fsp3) is 0.571. The van der Waals surface area contributed by atoms with Crippen LogP contribution in [-0.2, 0) is 5.54 Å². The Kier molecular flexibility index (Phi) is 4.16. The summed E-state index contributed by atoms with van der Waals surface area (Å²) in [6, 6.07) is 5.92. The number of hydrogen-bond acceptors (Lipinski definition) is 4. The van der Waals surface area contributed by atoms with Crippen LogP contribution in [0.5, 0.6) is 0 Å². The number of piperidine rings is 1. The summed E-state index contributed by atoms with van der Waals surface area (Å²) in [6.45, 7) is 4.04. The van der Waals surface area contributed by atoms with E-state index in [4.69, 9.17) is 16.1 Å². The molecule has 2 heterocycles. The first-order valence-corrected chi connectivity index (χ1v) is 10.5.